The highest BCUT2D eigenvalue weighted by Crippen LogP contribution is 2.40. The summed E-state index contributed by atoms with van der Waals surface area (Å²) in [5, 5.41) is 14.1. The number of carbonyl (C=O) groups is 2. The van der Waals surface area contributed by atoms with Crippen molar-refractivity contribution in [3.63, 3.8) is 0 Å². The van der Waals surface area contributed by atoms with Crippen molar-refractivity contribution in [1.82, 2.24) is 35.2 Å². The van der Waals surface area contributed by atoms with Crippen LogP contribution in [0.15, 0.2) is 36.5 Å². The molecule has 12 heteroatoms. The van der Waals surface area contributed by atoms with Gasteiger partial charge in [-0.15, -0.1) is 5.10 Å². The Kier molecular flexibility index (Phi) is 6.24. The molecular formula is C27H27F2N7O3. The number of pyridine rings is 1. The summed E-state index contributed by atoms with van der Waals surface area (Å²) in [5.74, 6) is -1.38. The monoisotopic (exact) mass is 535 g/mol. The molecule has 2 aliphatic rings. The Hall–Kier alpha value is -4.35. The van der Waals surface area contributed by atoms with Crippen LogP contribution in [-0.4, -0.2) is 60.9 Å². The third kappa shape index (κ3) is 4.49. The van der Waals surface area contributed by atoms with Crippen molar-refractivity contribution in [2.24, 2.45) is 13.0 Å². The number of ether oxygens (including phenoxy) is 1. The molecule has 202 valence electrons. The third-order valence-electron chi connectivity index (χ3n) is 7.80. The first-order chi connectivity index (χ1) is 18.8. The number of rotatable bonds is 6. The molecule has 2 aliphatic heterocycles. The lowest BCUT2D eigenvalue weighted by Gasteiger charge is -2.38. The molecule has 0 aliphatic carbocycles. The van der Waals surface area contributed by atoms with E-state index < -0.39 is 11.8 Å². The summed E-state index contributed by atoms with van der Waals surface area (Å²) in [6.45, 7) is 0.283. The Balaban J connectivity index is 1.11. The second-order valence-corrected chi connectivity index (χ2v) is 10.1. The van der Waals surface area contributed by atoms with E-state index in [-0.39, 0.29) is 59.2 Å². The minimum absolute atomic E-state index is 0.0719. The van der Waals surface area contributed by atoms with Gasteiger partial charge in [0.25, 0.3) is 5.91 Å². The van der Waals surface area contributed by atoms with Gasteiger partial charge in [0.1, 0.15) is 5.69 Å². The number of H-pyrrole nitrogens is 1. The number of aromatic nitrogens is 5. The average Bonchev–Trinajstić information content (AvgIpc) is 3.61. The molecule has 2 amide bonds. The number of amides is 2. The van der Waals surface area contributed by atoms with E-state index in [1.807, 2.05) is 11.0 Å². The van der Waals surface area contributed by atoms with Crippen LogP contribution in [0.4, 0.5) is 8.78 Å². The third-order valence-corrected chi connectivity index (χ3v) is 7.80. The van der Waals surface area contributed by atoms with Crippen LogP contribution in [0, 0.1) is 17.7 Å². The predicted octanol–water partition coefficient (Wildman–Crippen LogP) is 3.34. The number of methoxy groups -OCH3 is 1. The van der Waals surface area contributed by atoms with Crippen LogP contribution in [0.1, 0.15) is 41.7 Å². The first-order valence-electron chi connectivity index (χ1n) is 12.8. The number of nitrogens with zero attached hydrogens (tertiary/aromatic N) is 5. The molecule has 2 fully saturated rings. The van der Waals surface area contributed by atoms with E-state index in [1.165, 1.54) is 23.9 Å². The van der Waals surface area contributed by atoms with Crippen LogP contribution >= 0.6 is 0 Å². The molecule has 1 unspecified atom stereocenters. The maximum absolute atomic E-state index is 14.3. The zero-order chi connectivity index (χ0) is 27.3. The summed E-state index contributed by atoms with van der Waals surface area (Å²) in [5.41, 5.74) is 2.20. The summed E-state index contributed by atoms with van der Waals surface area (Å²) < 4.78 is 34.9. The van der Waals surface area contributed by atoms with Crippen LogP contribution in [-0.2, 0) is 18.4 Å². The van der Waals surface area contributed by atoms with Gasteiger partial charge in [0, 0.05) is 43.2 Å². The Bertz CT molecular complexity index is 1570. The molecule has 2 bridgehead atoms. The Labute approximate surface area is 222 Å². The summed E-state index contributed by atoms with van der Waals surface area (Å²) in [7, 11) is 3.12. The van der Waals surface area contributed by atoms with E-state index >= 15 is 0 Å². The number of benzene rings is 1. The summed E-state index contributed by atoms with van der Waals surface area (Å²) in [4.78, 5) is 32.1. The number of hydrogen-bond acceptors (Lipinski definition) is 6. The van der Waals surface area contributed by atoms with E-state index in [2.05, 4.69) is 25.6 Å². The minimum atomic E-state index is -0.571. The molecule has 10 nitrogen and oxygen atoms in total. The normalized spacial score (nSPS) is 20.4. The Morgan fingerprint density at radius 3 is 2.67 bits per heavy atom. The lowest BCUT2D eigenvalue weighted by atomic mass is 9.89. The molecule has 2 saturated heterocycles. The fraction of sp³-hybridized carbons (Fsp3) is 0.370. The average molecular weight is 536 g/mol. The highest BCUT2D eigenvalue weighted by atomic mass is 19.1. The fourth-order valence-electron chi connectivity index (χ4n) is 5.87. The maximum Gasteiger partial charge on any atom is 0.272 e. The topological polar surface area (TPSA) is 118 Å². The molecule has 1 aromatic carbocycles. The van der Waals surface area contributed by atoms with Gasteiger partial charge in [-0.1, -0.05) is 6.07 Å². The van der Waals surface area contributed by atoms with Crippen molar-refractivity contribution in [1.29, 1.82) is 0 Å². The number of aryl methyl sites for hydroxylation is 1. The Morgan fingerprint density at radius 2 is 1.92 bits per heavy atom. The number of halogens is 2. The number of nitrogens with one attached hydrogen (secondary N) is 2. The summed E-state index contributed by atoms with van der Waals surface area (Å²) in [6, 6.07) is 8.16. The molecule has 3 atom stereocenters. The van der Waals surface area contributed by atoms with Crippen LogP contribution in [0.2, 0.25) is 0 Å². The zero-order valence-corrected chi connectivity index (χ0v) is 21.4. The highest BCUT2D eigenvalue weighted by molar-refractivity contribution is 5.94. The van der Waals surface area contributed by atoms with E-state index in [0.29, 0.717) is 23.7 Å². The van der Waals surface area contributed by atoms with E-state index in [9.17, 15) is 18.4 Å². The van der Waals surface area contributed by atoms with E-state index in [4.69, 9.17) is 4.74 Å². The zero-order valence-electron chi connectivity index (χ0n) is 21.4. The molecule has 0 radical (unpaired) electrons. The lowest BCUT2D eigenvalue weighted by molar-refractivity contribution is -0.127. The number of hydrogen-bond donors (Lipinski definition) is 2. The van der Waals surface area contributed by atoms with Gasteiger partial charge in [0.2, 0.25) is 17.7 Å². The van der Waals surface area contributed by atoms with Gasteiger partial charge in [-0.05, 0) is 49.4 Å². The molecule has 39 heavy (non-hydrogen) atoms. The van der Waals surface area contributed by atoms with Crippen LogP contribution < -0.4 is 10.1 Å². The molecule has 0 saturated carbocycles. The van der Waals surface area contributed by atoms with Crippen LogP contribution in [0.3, 0.4) is 0 Å². The van der Waals surface area contributed by atoms with Gasteiger partial charge in [0.05, 0.1) is 29.9 Å². The van der Waals surface area contributed by atoms with Crippen molar-refractivity contribution >= 4 is 22.7 Å². The number of piperidine rings is 1. The first kappa shape index (κ1) is 25.0. The van der Waals surface area contributed by atoms with Crippen molar-refractivity contribution in [2.75, 3.05) is 7.11 Å². The smallest absolute Gasteiger partial charge is 0.272 e. The fourth-order valence-corrected chi connectivity index (χ4v) is 5.87. The molecular weight excluding hydrogens is 508 g/mol. The van der Waals surface area contributed by atoms with Crippen molar-refractivity contribution in [3.05, 3.63) is 59.6 Å². The van der Waals surface area contributed by atoms with Crippen molar-refractivity contribution < 1.29 is 23.1 Å². The number of fused-ring (bicyclic) bond motifs is 3. The van der Waals surface area contributed by atoms with E-state index in [0.717, 1.165) is 24.6 Å². The standard InChI is InChI=1S/C27H27F2N7O3/c1-35-23-6-3-14(7-19(23)25(29)34-35)12-31-26(37)15-8-16-4-5-17(9-15)36(16)27(38)22-11-21(32-33-22)18-10-24(39-2)30-13-20(18)28/h3,6-7,10-11,13,15-17H,4-5,8-9,12H2,1-2H3,(H,31,37)(H,32,33)/t15?,16-,17+. The van der Waals surface area contributed by atoms with Gasteiger partial charge >= 0.3 is 0 Å². The van der Waals surface area contributed by atoms with Gasteiger partial charge in [0.15, 0.2) is 5.82 Å². The van der Waals surface area contributed by atoms with Gasteiger partial charge < -0.3 is 15.0 Å². The highest BCUT2D eigenvalue weighted by Gasteiger charge is 2.45. The second kappa shape index (κ2) is 9.75. The number of carbonyl (C=O) groups excluding carboxylic acids is 2. The quantitative estimate of drug-likeness (QED) is 0.391. The first-order valence-corrected chi connectivity index (χ1v) is 12.8. The second-order valence-electron chi connectivity index (χ2n) is 10.1. The summed E-state index contributed by atoms with van der Waals surface area (Å²) in [6.07, 6.45) is 3.79. The largest absolute Gasteiger partial charge is 0.481 e. The number of aromatic amines is 1. The SMILES string of the molecule is COc1cc(-c2cc(C(=O)N3[C@@H]4CC[C@H]3CC(C(=O)NCc3ccc5c(c3)c(F)nn5C)C4)[nH]n2)c(F)cn1. The lowest BCUT2D eigenvalue weighted by Crippen LogP contribution is -2.49. The van der Waals surface area contributed by atoms with Gasteiger partial charge in [-0.2, -0.15) is 9.49 Å². The van der Waals surface area contributed by atoms with Gasteiger partial charge in [-0.25, -0.2) is 9.37 Å². The Morgan fingerprint density at radius 1 is 1.15 bits per heavy atom. The van der Waals surface area contributed by atoms with Crippen LogP contribution in [0.5, 0.6) is 5.88 Å². The molecule has 3 aromatic heterocycles. The minimum Gasteiger partial charge on any atom is -0.481 e. The molecule has 6 rings (SSSR count). The van der Waals surface area contributed by atoms with Crippen molar-refractivity contribution in [2.45, 2.75) is 44.3 Å². The van der Waals surface area contributed by atoms with Gasteiger partial charge in [-0.3, -0.25) is 19.4 Å². The van der Waals surface area contributed by atoms with Crippen LogP contribution in [0.25, 0.3) is 22.2 Å². The maximum atomic E-state index is 14.3. The molecule has 5 heterocycles. The molecule has 4 aromatic rings. The molecule has 2 N–H and O–H groups in total. The van der Waals surface area contributed by atoms with Crippen molar-refractivity contribution in [3.8, 4) is 17.1 Å². The predicted molar refractivity (Wildman–Crippen MR) is 137 cm³/mol. The summed E-state index contributed by atoms with van der Waals surface area (Å²) >= 11 is 0. The molecule has 0 spiro atoms. The van der Waals surface area contributed by atoms with E-state index in [1.54, 1.807) is 19.2 Å².